The van der Waals surface area contributed by atoms with E-state index in [1.54, 1.807) is 0 Å². The molecule has 0 aromatic carbocycles. The third-order valence-corrected chi connectivity index (χ3v) is 5.37. The Morgan fingerprint density at radius 1 is 1.16 bits per heavy atom. The molecule has 1 aliphatic heterocycles. The summed E-state index contributed by atoms with van der Waals surface area (Å²) in [6.07, 6.45) is 8.44. The van der Waals surface area contributed by atoms with Gasteiger partial charge in [0.05, 0.1) is 0 Å². The molecule has 110 valence electrons. The fourth-order valence-electron chi connectivity index (χ4n) is 3.72. The maximum Gasteiger partial charge on any atom is 0.317 e. The molecule has 1 saturated carbocycles. The van der Waals surface area contributed by atoms with E-state index in [1.165, 1.54) is 32.1 Å². The van der Waals surface area contributed by atoms with Crippen molar-refractivity contribution in [2.45, 2.75) is 77.8 Å². The number of carbonyl (C=O) groups excluding carboxylic acids is 1. The van der Waals surface area contributed by atoms with Gasteiger partial charge in [-0.1, -0.05) is 33.6 Å². The minimum atomic E-state index is 0.192. The molecule has 2 amide bonds. The molecule has 1 aliphatic carbocycles. The van der Waals surface area contributed by atoms with Crippen LogP contribution in [0.5, 0.6) is 0 Å². The summed E-state index contributed by atoms with van der Waals surface area (Å²) in [7, 11) is 0. The number of amides is 2. The van der Waals surface area contributed by atoms with E-state index in [9.17, 15) is 4.79 Å². The van der Waals surface area contributed by atoms with Crippen molar-refractivity contribution in [1.29, 1.82) is 0 Å². The summed E-state index contributed by atoms with van der Waals surface area (Å²) in [6, 6.07) is 1.04. The number of rotatable bonds is 2. The predicted molar refractivity (Wildman–Crippen MR) is 79.1 cm³/mol. The number of hydrogen-bond donors (Lipinski definition) is 1. The van der Waals surface area contributed by atoms with Crippen molar-refractivity contribution in [2.24, 2.45) is 11.8 Å². The number of nitrogens with one attached hydrogen (secondary N) is 1. The highest BCUT2D eigenvalue weighted by molar-refractivity contribution is 5.75. The minimum Gasteiger partial charge on any atom is -0.335 e. The summed E-state index contributed by atoms with van der Waals surface area (Å²) >= 11 is 0. The van der Waals surface area contributed by atoms with Crippen molar-refractivity contribution in [3.8, 4) is 0 Å². The largest absolute Gasteiger partial charge is 0.335 e. The van der Waals surface area contributed by atoms with Crippen LogP contribution in [0.2, 0.25) is 0 Å². The first-order valence-electron chi connectivity index (χ1n) is 8.20. The van der Waals surface area contributed by atoms with E-state index in [-0.39, 0.29) is 6.03 Å². The normalized spacial score (nSPS) is 36.1. The zero-order valence-corrected chi connectivity index (χ0v) is 12.8. The molecule has 3 heteroatoms. The van der Waals surface area contributed by atoms with Gasteiger partial charge in [0, 0.05) is 18.6 Å². The summed E-state index contributed by atoms with van der Waals surface area (Å²) in [5.41, 5.74) is 0. The van der Waals surface area contributed by atoms with Crippen molar-refractivity contribution < 1.29 is 4.79 Å². The van der Waals surface area contributed by atoms with Gasteiger partial charge in [0.15, 0.2) is 0 Å². The zero-order chi connectivity index (χ0) is 13.8. The van der Waals surface area contributed by atoms with Crippen LogP contribution in [-0.4, -0.2) is 29.6 Å². The van der Waals surface area contributed by atoms with Crippen LogP contribution < -0.4 is 5.32 Å². The van der Waals surface area contributed by atoms with Gasteiger partial charge in [-0.25, -0.2) is 4.79 Å². The minimum absolute atomic E-state index is 0.192. The summed E-state index contributed by atoms with van der Waals surface area (Å²) in [4.78, 5) is 14.6. The number of nitrogens with zero attached hydrogens (tertiary/aromatic N) is 1. The van der Waals surface area contributed by atoms with E-state index in [0.29, 0.717) is 18.0 Å². The molecule has 4 atom stereocenters. The third-order valence-electron chi connectivity index (χ3n) is 5.37. The first-order chi connectivity index (χ1) is 9.13. The molecular weight excluding hydrogens is 236 g/mol. The molecule has 19 heavy (non-hydrogen) atoms. The van der Waals surface area contributed by atoms with Crippen molar-refractivity contribution >= 4 is 6.03 Å². The summed E-state index contributed by atoms with van der Waals surface area (Å²) in [5, 5.41) is 3.32. The second-order valence-electron chi connectivity index (χ2n) is 6.57. The molecule has 0 bridgehead atoms. The van der Waals surface area contributed by atoms with Crippen LogP contribution in [0, 0.1) is 11.8 Å². The van der Waals surface area contributed by atoms with E-state index >= 15 is 0 Å². The van der Waals surface area contributed by atoms with E-state index in [2.05, 4.69) is 31.0 Å². The number of urea groups is 1. The first kappa shape index (κ1) is 14.7. The Balaban J connectivity index is 1.92. The van der Waals surface area contributed by atoms with Crippen LogP contribution in [0.25, 0.3) is 0 Å². The third kappa shape index (κ3) is 3.43. The standard InChI is InChI=1S/C16H30N2O/c1-4-14-9-5-6-11-18(14)16(19)17-15-10-7-8-12(2)13(15)3/h12-15H,4-11H2,1-3H3,(H,17,19). The number of likely N-dealkylation sites (tertiary alicyclic amines) is 1. The quantitative estimate of drug-likeness (QED) is 0.810. The van der Waals surface area contributed by atoms with Crippen molar-refractivity contribution in [3.63, 3.8) is 0 Å². The van der Waals surface area contributed by atoms with Gasteiger partial charge in [-0.3, -0.25) is 0 Å². The Hall–Kier alpha value is -0.730. The average Bonchev–Trinajstić information content (AvgIpc) is 2.43. The highest BCUT2D eigenvalue weighted by Gasteiger charge is 2.31. The molecule has 2 aliphatic rings. The smallest absolute Gasteiger partial charge is 0.317 e. The number of piperidine rings is 1. The van der Waals surface area contributed by atoms with E-state index in [4.69, 9.17) is 0 Å². The van der Waals surface area contributed by atoms with Crippen LogP contribution in [0.3, 0.4) is 0 Å². The van der Waals surface area contributed by atoms with Gasteiger partial charge < -0.3 is 10.2 Å². The second-order valence-corrected chi connectivity index (χ2v) is 6.57. The molecule has 1 saturated heterocycles. The first-order valence-corrected chi connectivity index (χ1v) is 8.20. The average molecular weight is 266 g/mol. The summed E-state index contributed by atoms with van der Waals surface area (Å²) in [6.45, 7) is 7.75. The lowest BCUT2D eigenvalue weighted by Gasteiger charge is -2.39. The molecule has 0 radical (unpaired) electrons. The van der Waals surface area contributed by atoms with E-state index in [0.717, 1.165) is 25.3 Å². The van der Waals surface area contributed by atoms with Crippen molar-refractivity contribution in [1.82, 2.24) is 10.2 Å². The highest BCUT2D eigenvalue weighted by Crippen LogP contribution is 2.30. The Bertz CT molecular complexity index is 305. The lowest BCUT2D eigenvalue weighted by molar-refractivity contribution is 0.133. The molecule has 0 aromatic rings. The SMILES string of the molecule is CCC1CCCCN1C(=O)NC1CCCC(C)C1C. The molecule has 1 N–H and O–H groups in total. The van der Waals surface area contributed by atoms with Crippen LogP contribution in [0.15, 0.2) is 0 Å². The van der Waals surface area contributed by atoms with Gasteiger partial charge in [0.25, 0.3) is 0 Å². The van der Waals surface area contributed by atoms with Gasteiger partial charge in [-0.2, -0.15) is 0 Å². The fourth-order valence-corrected chi connectivity index (χ4v) is 3.72. The number of hydrogen-bond acceptors (Lipinski definition) is 1. The van der Waals surface area contributed by atoms with Gasteiger partial charge in [-0.15, -0.1) is 0 Å². The molecule has 2 fully saturated rings. The van der Waals surface area contributed by atoms with Crippen LogP contribution in [0.4, 0.5) is 4.79 Å². The lowest BCUT2D eigenvalue weighted by Crippen LogP contribution is -2.53. The Labute approximate surface area is 118 Å². The van der Waals surface area contributed by atoms with Gasteiger partial charge in [0.1, 0.15) is 0 Å². The zero-order valence-electron chi connectivity index (χ0n) is 12.8. The van der Waals surface area contributed by atoms with Crippen LogP contribution in [-0.2, 0) is 0 Å². The van der Waals surface area contributed by atoms with Gasteiger partial charge in [-0.05, 0) is 43.9 Å². The molecular formula is C16H30N2O. The van der Waals surface area contributed by atoms with Gasteiger partial charge in [0.2, 0.25) is 0 Å². The monoisotopic (exact) mass is 266 g/mol. The van der Waals surface area contributed by atoms with Gasteiger partial charge >= 0.3 is 6.03 Å². The second kappa shape index (κ2) is 6.62. The molecule has 0 spiro atoms. The number of carbonyl (C=O) groups is 1. The summed E-state index contributed by atoms with van der Waals surface area (Å²) < 4.78 is 0. The maximum atomic E-state index is 12.5. The topological polar surface area (TPSA) is 32.3 Å². The van der Waals surface area contributed by atoms with Crippen molar-refractivity contribution in [3.05, 3.63) is 0 Å². The highest BCUT2D eigenvalue weighted by atomic mass is 16.2. The Kier molecular flexibility index (Phi) is 5.12. The molecule has 2 rings (SSSR count). The van der Waals surface area contributed by atoms with E-state index < -0.39 is 0 Å². The van der Waals surface area contributed by atoms with Crippen LogP contribution in [0.1, 0.15) is 65.7 Å². The maximum absolute atomic E-state index is 12.5. The fraction of sp³-hybridized carbons (Fsp3) is 0.938. The van der Waals surface area contributed by atoms with E-state index in [1.807, 2.05) is 0 Å². The Morgan fingerprint density at radius 2 is 1.95 bits per heavy atom. The molecule has 4 unspecified atom stereocenters. The Morgan fingerprint density at radius 3 is 2.68 bits per heavy atom. The van der Waals surface area contributed by atoms with Crippen molar-refractivity contribution in [2.75, 3.05) is 6.54 Å². The molecule has 3 nitrogen and oxygen atoms in total. The predicted octanol–water partition coefficient (Wildman–Crippen LogP) is 3.79. The lowest BCUT2D eigenvalue weighted by atomic mass is 9.78. The van der Waals surface area contributed by atoms with Crippen LogP contribution >= 0.6 is 0 Å². The summed E-state index contributed by atoms with van der Waals surface area (Å²) in [5.74, 6) is 1.35. The molecule has 0 aromatic heterocycles. The molecule has 1 heterocycles.